The third kappa shape index (κ3) is 4.02. The van der Waals surface area contributed by atoms with E-state index in [-0.39, 0.29) is 11.8 Å². The molecule has 2 heteroatoms. The molecule has 0 spiro atoms. The van der Waals surface area contributed by atoms with Gasteiger partial charge in [-0.2, -0.15) is 0 Å². The molecule has 0 unspecified atom stereocenters. The molecule has 0 aliphatic carbocycles. The maximum Gasteiger partial charge on any atom is 0.307 e. The predicted molar refractivity (Wildman–Crippen MR) is 75.7 cm³/mol. The average molecular weight is 246 g/mol. The molecule has 18 heavy (non-hydrogen) atoms. The molecule has 0 atom stereocenters. The number of hydrogen-bond donors (Lipinski definition) is 1. The van der Waals surface area contributed by atoms with Crippen LogP contribution in [0.25, 0.3) is 5.57 Å². The van der Waals surface area contributed by atoms with E-state index < -0.39 is 5.97 Å². The Morgan fingerprint density at radius 2 is 1.78 bits per heavy atom. The van der Waals surface area contributed by atoms with Gasteiger partial charge < -0.3 is 5.11 Å². The smallest absolute Gasteiger partial charge is 0.307 e. The summed E-state index contributed by atoms with van der Waals surface area (Å²) in [7, 11) is 0. The molecule has 1 aromatic carbocycles. The molecule has 0 amide bonds. The van der Waals surface area contributed by atoms with Crippen molar-refractivity contribution in [3.8, 4) is 0 Å². The highest BCUT2D eigenvalue weighted by Gasteiger charge is 2.13. The van der Waals surface area contributed by atoms with Gasteiger partial charge in [-0.1, -0.05) is 58.0 Å². The minimum Gasteiger partial charge on any atom is -0.481 e. The third-order valence-electron chi connectivity index (χ3n) is 3.03. The fourth-order valence-corrected chi connectivity index (χ4v) is 1.86. The number of rotatable bonds is 4. The lowest BCUT2D eigenvalue weighted by molar-refractivity contribution is -0.135. The number of carboxylic acid groups (broad SMARTS) is 1. The molecule has 0 aliphatic rings. The van der Waals surface area contributed by atoms with Crippen molar-refractivity contribution in [3.63, 3.8) is 0 Å². The summed E-state index contributed by atoms with van der Waals surface area (Å²) in [6.07, 6.45) is 2.74. The van der Waals surface area contributed by atoms with Gasteiger partial charge >= 0.3 is 5.97 Å². The molecule has 1 N–H and O–H groups in total. The molecular weight excluding hydrogens is 224 g/mol. The van der Waals surface area contributed by atoms with Crippen LogP contribution in [0, 0.1) is 0 Å². The molecule has 0 saturated heterocycles. The summed E-state index contributed by atoms with van der Waals surface area (Å²) in [6.45, 7) is 8.60. The van der Waals surface area contributed by atoms with Crippen LogP contribution in [0.5, 0.6) is 0 Å². The van der Waals surface area contributed by atoms with Gasteiger partial charge in [0, 0.05) is 0 Å². The first kappa shape index (κ1) is 14.5. The van der Waals surface area contributed by atoms with E-state index in [9.17, 15) is 4.79 Å². The molecule has 2 nitrogen and oxygen atoms in total. The quantitative estimate of drug-likeness (QED) is 0.862. The zero-order valence-corrected chi connectivity index (χ0v) is 11.7. The van der Waals surface area contributed by atoms with Gasteiger partial charge in [0.05, 0.1) is 6.42 Å². The Labute approximate surface area is 109 Å². The standard InChI is InChI=1S/C16H22O2/c1-5-12(8-11-15(17)18)13-6-9-14(10-7-13)16(2,3)4/h6-10H,5,11H2,1-4H3,(H,17,18)/b12-8+. The van der Waals surface area contributed by atoms with Gasteiger partial charge in [-0.15, -0.1) is 0 Å². The Hall–Kier alpha value is -1.57. The van der Waals surface area contributed by atoms with Crippen LogP contribution < -0.4 is 0 Å². The summed E-state index contributed by atoms with van der Waals surface area (Å²) in [6, 6.07) is 8.41. The molecule has 1 aromatic rings. The molecule has 0 saturated carbocycles. The van der Waals surface area contributed by atoms with Crippen molar-refractivity contribution in [2.45, 2.75) is 46.0 Å². The summed E-state index contributed by atoms with van der Waals surface area (Å²) in [4.78, 5) is 10.6. The zero-order chi connectivity index (χ0) is 13.8. The summed E-state index contributed by atoms with van der Waals surface area (Å²) in [5.74, 6) is -0.785. The molecule has 0 bridgehead atoms. The van der Waals surface area contributed by atoms with Crippen LogP contribution in [0.15, 0.2) is 30.3 Å². The fourth-order valence-electron chi connectivity index (χ4n) is 1.86. The van der Waals surface area contributed by atoms with Crippen molar-refractivity contribution in [1.82, 2.24) is 0 Å². The Balaban J connectivity index is 2.95. The van der Waals surface area contributed by atoms with Crippen molar-refractivity contribution >= 4 is 11.5 Å². The molecule has 0 heterocycles. The molecule has 0 fully saturated rings. The van der Waals surface area contributed by atoms with Gasteiger partial charge in [-0.05, 0) is 28.5 Å². The zero-order valence-electron chi connectivity index (χ0n) is 11.7. The normalized spacial score (nSPS) is 12.6. The molecule has 0 radical (unpaired) electrons. The lowest BCUT2D eigenvalue weighted by atomic mass is 9.86. The summed E-state index contributed by atoms with van der Waals surface area (Å²) in [5.41, 5.74) is 3.65. The minimum atomic E-state index is -0.785. The summed E-state index contributed by atoms with van der Waals surface area (Å²) in [5, 5.41) is 8.71. The first-order chi connectivity index (χ1) is 8.34. The Morgan fingerprint density at radius 3 is 2.17 bits per heavy atom. The number of benzene rings is 1. The van der Waals surface area contributed by atoms with E-state index in [2.05, 4.69) is 45.0 Å². The maximum absolute atomic E-state index is 10.6. The highest BCUT2D eigenvalue weighted by Crippen LogP contribution is 2.25. The van der Waals surface area contributed by atoms with Gasteiger partial charge in [0.25, 0.3) is 0 Å². The number of aliphatic carboxylic acids is 1. The average Bonchev–Trinajstić information content (AvgIpc) is 2.29. The second kappa shape index (κ2) is 5.85. The minimum absolute atomic E-state index is 0.0875. The van der Waals surface area contributed by atoms with Crippen molar-refractivity contribution in [2.24, 2.45) is 0 Å². The highest BCUT2D eigenvalue weighted by molar-refractivity contribution is 5.74. The van der Waals surface area contributed by atoms with E-state index in [1.165, 1.54) is 5.56 Å². The van der Waals surface area contributed by atoms with Gasteiger partial charge in [-0.25, -0.2) is 0 Å². The Kier molecular flexibility index (Phi) is 4.71. The number of carbonyl (C=O) groups is 1. The van der Waals surface area contributed by atoms with Gasteiger partial charge in [0.1, 0.15) is 0 Å². The largest absolute Gasteiger partial charge is 0.481 e. The third-order valence-corrected chi connectivity index (χ3v) is 3.03. The predicted octanol–water partition coefficient (Wildman–Crippen LogP) is 4.25. The van der Waals surface area contributed by atoms with Crippen LogP contribution in [0.4, 0.5) is 0 Å². The van der Waals surface area contributed by atoms with Crippen molar-refractivity contribution < 1.29 is 9.90 Å². The van der Waals surface area contributed by atoms with Crippen molar-refractivity contribution in [3.05, 3.63) is 41.5 Å². The second-order valence-electron chi connectivity index (χ2n) is 5.51. The summed E-state index contributed by atoms with van der Waals surface area (Å²) >= 11 is 0. The monoisotopic (exact) mass is 246 g/mol. The van der Waals surface area contributed by atoms with E-state index in [0.29, 0.717) is 0 Å². The van der Waals surface area contributed by atoms with E-state index in [0.717, 1.165) is 17.6 Å². The van der Waals surface area contributed by atoms with Gasteiger partial charge in [-0.3, -0.25) is 4.79 Å². The Bertz CT molecular complexity index is 433. The Morgan fingerprint density at radius 1 is 1.22 bits per heavy atom. The van der Waals surface area contributed by atoms with Crippen LogP contribution in [-0.2, 0) is 10.2 Å². The highest BCUT2D eigenvalue weighted by atomic mass is 16.4. The second-order valence-corrected chi connectivity index (χ2v) is 5.51. The fraction of sp³-hybridized carbons (Fsp3) is 0.438. The van der Waals surface area contributed by atoms with E-state index in [1.807, 2.05) is 6.92 Å². The van der Waals surface area contributed by atoms with Crippen LogP contribution in [0.3, 0.4) is 0 Å². The molecule has 0 aromatic heterocycles. The molecule has 1 rings (SSSR count). The van der Waals surface area contributed by atoms with Gasteiger partial charge in [0.15, 0.2) is 0 Å². The van der Waals surface area contributed by atoms with Crippen LogP contribution >= 0.6 is 0 Å². The van der Waals surface area contributed by atoms with E-state index in [4.69, 9.17) is 5.11 Å². The lowest BCUT2D eigenvalue weighted by Crippen LogP contribution is -2.10. The maximum atomic E-state index is 10.6. The lowest BCUT2D eigenvalue weighted by Gasteiger charge is -2.19. The van der Waals surface area contributed by atoms with Crippen molar-refractivity contribution in [1.29, 1.82) is 0 Å². The topological polar surface area (TPSA) is 37.3 Å². The molecular formula is C16H22O2. The van der Waals surface area contributed by atoms with E-state index in [1.54, 1.807) is 6.08 Å². The van der Waals surface area contributed by atoms with Crippen molar-refractivity contribution in [2.75, 3.05) is 0 Å². The molecule has 0 aliphatic heterocycles. The number of carboxylic acids is 1. The molecule has 98 valence electrons. The van der Waals surface area contributed by atoms with Gasteiger partial charge in [0.2, 0.25) is 0 Å². The number of hydrogen-bond acceptors (Lipinski definition) is 1. The van der Waals surface area contributed by atoms with E-state index >= 15 is 0 Å². The van der Waals surface area contributed by atoms with Crippen LogP contribution in [0.1, 0.15) is 51.7 Å². The first-order valence-corrected chi connectivity index (χ1v) is 6.36. The van der Waals surface area contributed by atoms with Crippen LogP contribution in [-0.4, -0.2) is 11.1 Å². The van der Waals surface area contributed by atoms with Crippen LogP contribution in [0.2, 0.25) is 0 Å². The SMILES string of the molecule is CC/C(=C\CC(=O)O)c1ccc(C(C)(C)C)cc1. The summed E-state index contributed by atoms with van der Waals surface area (Å²) < 4.78 is 0. The first-order valence-electron chi connectivity index (χ1n) is 6.36. The number of allylic oxidation sites excluding steroid dienone is 1.